The molecule has 6 heteroatoms. The van der Waals surface area contributed by atoms with E-state index in [9.17, 15) is 0 Å². The highest BCUT2D eigenvalue weighted by Gasteiger charge is 2.46. The summed E-state index contributed by atoms with van der Waals surface area (Å²) in [6.07, 6.45) is 4.81. The molecule has 1 atom stereocenters. The molecule has 0 aliphatic carbocycles. The lowest BCUT2D eigenvalue weighted by Crippen LogP contribution is -2.43. The number of hydrogen-bond acceptors (Lipinski definition) is 4. The van der Waals surface area contributed by atoms with Gasteiger partial charge in [0.1, 0.15) is 5.75 Å². The molecule has 2 saturated heterocycles. The van der Waals surface area contributed by atoms with Crippen LogP contribution in [-0.4, -0.2) is 56.5 Å². The molecule has 2 aliphatic rings. The molecular formula is C21H32ClN3O2. The number of hydrogen-bond donors (Lipinski definition) is 1. The fraction of sp³-hybridized carbons (Fsp3) is 0.619. The maximum absolute atomic E-state index is 5.59. The van der Waals surface area contributed by atoms with E-state index in [4.69, 9.17) is 9.47 Å². The van der Waals surface area contributed by atoms with Crippen molar-refractivity contribution in [3.8, 4) is 5.75 Å². The molecule has 1 aromatic heterocycles. The number of rotatable bonds is 5. The highest BCUT2D eigenvalue weighted by Crippen LogP contribution is 2.44. The van der Waals surface area contributed by atoms with Gasteiger partial charge in [0, 0.05) is 56.8 Å². The zero-order chi connectivity index (χ0) is 18.1. The van der Waals surface area contributed by atoms with Crippen molar-refractivity contribution in [1.82, 2.24) is 14.8 Å². The standard InChI is InChI=1S/C21H31N3O2.ClH/c1-23-11-16(19-10-18(26-3)4-5-20(19)23)12-24-13-17(14-25-2)21(15-24)6-8-22-9-7-21;/h4-5,10-11,17,22H,6-9,12-15H2,1-3H3;1H. The highest BCUT2D eigenvalue weighted by molar-refractivity contribution is 5.85. The van der Waals surface area contributed by atoms with Crippen LogP contribution in [0.15, 0.2) is 24.4 Å². The SMILES string of the molecule is COCC1CN(Cc2cn(C)c3ccc(OC)cc23)CC12CCNCC2.Cl. The first-order valence-electron chi connectivity index (χ1n) is 9.69. The molecular weight excluding hydrogens is 362 g/mol. The van der Waals surface area contributed by atoms with Gasteiger partial charge in [0.05, 0.1) is 13.7 Å². The number of fused-ring (bicyclic) bond motifs is 1. The van der Waals surface area contributed by atoms with Gasteiger partial charge in [0.25, 0.3) is 0 Å². The van der Waals surface area contributed by atoms with Crippen molar-refractivity contribution in [2.75, 3.05) is 47.0 Å². The van der Waals surface area contributed by atoms with E-state index in [2.05, 4.69) is 40.2 Å². The summed E-state index contributed by atoms with van der Waals surface area (Å²) in [7, 11) is 5.71. The molecule has 4 rings (SSSR count). The average Bonchev–Trinajstić information content (AvgIpc) is 3.13. The third-order valence-corrected chi connectivity index (χ3v) is 6.52. The van der Waals surface area contributed by atoms with E-state index in [1.54, 1.807) is 7.11 Å². The lowest BCUT2D eigenvalue weighted by molar-refractivity contribution is 0.0716. The molecule has 2 aliphatic heterocycles. The quantitative estimate of drug-likeness (QED) is 0.847. The van der Waals surface area contributed by atoms with Crippen LogP contribution in [0.25, 0.3) is 10.9 Å². The minimum atomic E-state index is 0. The van der Waals surface area contributed by atoms with E-state index in [0.29, 0.717) is 11.3 Å². The summed E-state index contributed by atoms with van der Waals surface area (Å²) in [5, 5.41) is 4.83. The van der Waals surface area contributed by atoms with Gasteiger partial charge in [-0.15, -0.1) is 12.4 Å². The number of aromatic nitrogens is 1. The Bertz CT molecular complexity index is 770. The Morgan fingerprint density at radius 3 is 2.70 bits per heavy atom. The monoisotopic (exact) mass is 393 g/mol. The number of nitrogens with one attached hydrogen (secondary N) is 1. The second-order valence-electron chi connectivity index (χ2n) is 8.08. The molecule has 1 N–H and O–H groups in total. The van der Waals surface area contributed by atoms with E-state index in [1.165, 1.54) is 35.9 Å². The molecule has 150 valence electrons. The number of benzene rings is 1. The zero-order valence-electron chi connectivity index (χ0n) is 16.7. The van der Waals surface area contributed by atoms with Crippen molar-refractivity contribution in [2.45, 2.75) is 19.4 Å². The van der Waals surface area contributed by atoms with Gasteiger partial charge in [-0.05, 0) is 55.1 Å². The Hall–Kier alpha value is -1.27. The topological polar surface area (TPSA) is 38.7 Å². The number of methoxy groups -OCH3 is 2. The van der Waals surface area contributed by atoms with E-state index in [-0.39, 0.29) is 12.4 Å². The first-order chi connectivity index (χ1) is 12.6. The molecule has 0 bridgehead atoms. The van der Waals surface area contributed by atoms with Crippen LogP contribution in [0.2, 0.25) is 0 Å². The van der Waals surface area contributed by atoms with Crippen molar-refractivity contribution < 1.29 is 9.47 Å². The molecule has 5 nitrogen and oxygen atoms in total. The summed E-state index contributed by atoms with van der Waals surface area (Å²) in [4.78, 5) is 2.64. The lowest BCUT2D eigenvalue weighted by Gasteiger charge is -2.38. The number of likely N-dealkylation sites (tertiary alicyclic amines) is 1. The molecule has 0 radical (unpaired) electrons. The van der Waals surface area contributed by atoms with Gasteiger partial charge in [-0.25, -0.2) is 0 Å². The fourth-order valence-electron chi connectivity index (χ4n) is 5.13. The molecule has 27 heavy (non-hydrogen) atoms. The highest BCUT2D eigenvalue weighted by atomic mass is 35.5. The minimum absolute atomic E-state index is 0. The van der Waals surface area contributed by atoms with E-state index >= 15 is 0 Å². The molecule has 3 heterocycles. The third-order valence-electron chi connectivity index (χ3n) is 6.52. The van der Waals surface area contributed by atoms with Crippen LogP contribution in [0.4, 0.5) is 0 Å². The summed E-state index contributed by atoms with van der Waals surface area (Å²) in [5.41, 5.74) is 3.08. The largest absolute Gasteiger partial charge is 0.497 e. The fourth-order valence-corrected chi connectivity index (χ4v) is 5.13. The molecule has 2 fully saturated rings. The number of piperidine rings is 1. The Morgan fingerprint density at radius 2 is 2.00 bits per heavy atom. The van der Waals surface area contributed by atoms with E-state index < -0.39 is 0 Å². The summed E-state index contributed by atoms with van der Waals surface area (Å²) >= 11 is 0. The van der Waals surface area contributed by atoms with Gasteiger partial charge in [0.15, 0.2) is 0 Å². The van der Waals surface area contributed by atoms with Gasteiger partial charge in [-0.1, -0.05) is 0 Å². The van der Waals surface area contributed by atoms with Crippen LogP contribution in [0.1, 0.15) is 18.4 Å². The number of halogens is 1. The molecule has 2 aromatic rings. The van der Waals surface area contributed by atoms with Gasteiger partial charge in [-0.2, -0.15) is 0 Å². The average molecular weight is 394 g/mol. The van der Waals surface area contributed by atoms with Crippen LogP contribution < -0.4 is 10.1 Å². The van der Waals surface area contributed by atoms with Crippen molar-refractivity contribution >= 4 is 23.3 Å². The summed E-state index contributed by atoms with van der Waals surface area (Å²) in [6, 6.07) is 6.37. The Balaban J connectivity index is 0.00000210. The summed E-state index contributed by atoms with van der Waals surface area (Å²) in [6.45, 7) is 6.47. The molecule has 1 aromatic carbocycles. The lowest BCUT2D eigenvalue weighted by atomic mass is 9.71. The van der Waals surface area contributed by atoms with Gasteiger partial charge in [-0.3, -0.25) is 4.90 Å². The van der Waals surface area contributed by atoms with Gasteiger partial charge in [0.2, 0.25) is 0 Å². The van der Waals surface area contributed by atoms with Gasteiger partial charge >= 0.3 is 0 Å². The Labute approximate surface area is 168 Å². The van der Waals surface area contributed by atoms with Crippen LogP contribution >= 0.6 is 12.4 Å². The molecule has 0 saturated carbocycles. The Morgan fingerprint density at radius 1 is 1.22 bits per heavy atom. The van der Waals surface area contributed by atoms with Gasteiger partial charge < -0.3 is 19.4 Å². The maximum Gasteiger partial charge on any atom is 0.119 e. The second kappa shape index (κ2) is 8.39. The summed E-state index contributed by atoms with van der Waals surface area (Å²) in [5.74, 6) is 1.57. The van der Waals surface area contributed by atoms with Crippen LogP contribution in [0.3, 0.4) is 0 Å². The maximum atomic E-state index is 5.59. The predicted octanol–water partition coefficient (Wildman–Crippen LogP) is 3.06. The molecule has 1 unspecified atom stereocenters. The zero-order valence-corrected chi connectivity index (χ0v) is 17.5. The summed E-state index contributed by atoms with van der Waals surface area (Å²) < 4.78 is 13.3. The van der Waals surface area contributed by atoms with Crippen molar-refractivity contribution in [3.63, 3.8) is 0 Å². The number of aryl methyl sites for hydroxylation is 1. The van der Waals surface area contributed by atoms with Crippen molar-refractivity contribution in [3.05, 3.63) is 30.0 Å². The van der Waals surface area contributed by atoms with Crippen molar-refractivity contribution in [2.24, 2.45) is 18.4 Å². The number of nitrogens with zero attached hydrogens (tertiary/aromatic N) is 2. The first kappa shape index (κ1) is 20.5. The van der Waals surface area contributed by atoms with Crippen LogP contribution in [0, 0.1) is 11.3 Å². The minimum Gasteiger partial charge on any atom is -0.497 e. The first-order valence-corrected chi connectivity index (χ1v) is 9.69. The van der Waals surface area contributed by atoms with E-state index in [0.717, 1.165) is 38.5 Å². The normalized spacial score (nSPS) is 22.3. The Kier molecular flexibility index (Phi) is 6.36. The predicted molar refractivity (Wildman–Crippen MR) is 112 cm³/mol. The smallest absolute Gasteiger partial charge is 0.119 e. The molecule has 1 spiro atoms. The van der Waals surface area contributed by atoms with E-state index in [1.807, 2.05) is 13.2 Å². The van der Waals surface area contributed by atoms with Crippen molar-refractivity contribution in [1.29, 1.82) is 0 Å². The third kappa shape index (κ3) is 3.83. The van der Waals surface area contributed by atoms with Crippen LogP contribution in [-0.2, 0) is 18.3 Å². The number of ether oxygens (including phenoxy) is 2. The van der Waals surface area contributed by atoms with Crippen LogP contribution in [0.5, 0.6) is 5.75 Å². The second-order valence-corrected chi connectivity index (χ2v) is 8.08. The molecule has 0 amide bonds.